The molecule has 242 valence electrons. The zero-order valence-corrected chi connectivity index (χ0v) is 27.2. The van der Waals surface area contributed by atoms with Crippen LogP contribution in [-0.2, 0) is 16.0 Å². The fourth-order valence-electron chi connectivity index (χ4n) is 6.85. The van der Waals surface area contributed by atoms with Gasteiger partial charge in [0.2, 0.25) is 11.8 Å². The normalized spacial score (nSPS) is 23.9. The smallest absolute Gasteiger partial charge is 0.322 e. The second-order valence-corrected chi connectivity index (χ2v) is 15.2. The summed E-state index contributed by atoms with van der Waals surface area (Å²) in [6.07, 6.45) is 7.55. The van der Waals surface area contributed by atoms with E-state index in [1.165, 1.54) is 0 Å². The number of rotatable bonds is 7. The maximum Gasteiger partial charge on any atom is 0.322 e. The van der Waals surface area contributed by atoms with Gasteiger partial charge >= 0.3 is 6.03 Å². The molecule has 5 heterocycles. The average molecular weight is 626 g/mol. The highest BCUT2D eigenvalue weighted by Gasteiger charge is 2.44. The highest BCUT2D eigenvalue weighted by molar-refractivity contribution is 8.01. The summed E-state index contributed by atoms with van der Waals surface area (Å²) in [6.45, 7) is 11.1. The van der Waals surface area contributed by atoms with Crippen molar-refractivity contribution in [1.29, 1.82) is 0 Å². The fraction of sp³-hybridized carbons (Fsp3) is 0.636. The lowest BCUT2D eigenvalue weighted by Crippen LogP contribution is -2.50. The number of amides is 4. The molecular formula is C33H51N7O3S. The topological polar surface area (TPSA) is 103 Å². The number of urea groups is 1. The molecule has 1 unspecified atom stereocenters. The van der Waals surface area contributed by atoms with Crippen molar-refractivity contribution in [3.63, 3.8) is 0 Å². The number of piperidine rings is 2. The number of carbonyl (C=O) groups excluding carboxylic acids is 3. The van der Waals surface area contributed by atoms with Gasteiger partial charge in [0.1, 0.15) is 5.37 Å². The van der Waals surface area contributed by atoms with E-state index >= 15 is 0 Å². The molecule has 1 aromatic carbocycles. The molecule has 4 amide bonds. The molecule has 4 aliphatic heterocycles. The van der Waals surface area contributed by atoms with E-state index in [2.05, 4.69) is 54.4 Å². The molecule has 0 saturated carbocycles. The lowest BCUT2D eigenvalue weighted by atomic mass is 9.92. The minimum atomic E-state index is -0.413. The summed E-state index contributed by atoms with van der Waals surface area (Å²) >= 11 is 1.58. The maximum absolute atomic E-state index is 13.8. The van der Waals surface area contributed by atoms with E-state index in [1.54, 1.807) is 11.8 Å². The number of aromatic nitrogens is 2. The molecule has 3 fully saturated rings. The van der Waals surface area contributed by atoms with Crippen molar-refractivity contribution in [3.8, 4) is 0 Å². The molecule has 2 N–H and O–H groups in total. The van der Waals surface area contributed by atoms with Gasteiger partial charge in [0.25, 0.3) is 0 Å². The number of nitrogens with zero attached hydrogens (tertiary/aromatic N) is 5. The first kappa shape index (κ1) is 31.0. The first-order valence-electron chi connectivity index (χ1n) is 16.3. The number of hydrogen-bond donors (Lipinski definition) is 2. The first-order valence-corrected chi connectivity index (χ1v) is 17.3. The standard InChI is InChI=1S/C33H47N7O3S.2H2/c1-33(2,3)14-21-39-30(42)28(44-31(39)27-13-20-40(36-27)25-8-15-34-16-9-25)22-29(41)37-17-11-24(12-18-37)38-19-10-23-6-4-5-7-26(23)35-32(38)43;;/h4-7,13,20,24-25,28,31,34H,8-12,14-19,21-22H2,1-3H3,(H,35,43);2*1H/t28-,31?;;/m0../s1. The summed E-state index contributed by atoms with van der Waals surface area (Å²) in [4.78, 5) is 46.2. The molecule has 0 bridgehead atoms. The summed E-state index contributed by atoms with van der Waals surface area (Å²) in [7, 11) is 0. The van der Waals surface area contributed by atoms with Crippen LogP contribution in [0.4, 0.5) is 10.5 Å². The number of likely N-dealkylation sites (tertiary alicyclic amines) is 1. The zero-order valence-electron chi connectivity index (χ0n) is 26.3. The molecule has 2 aromatic rings. The van der Waals surface area contributed by atoms with Gasteiger partial charge in [-0.2, -0.15) is 5.10 Å². The Morgan fingerprint density at radius 2 is 1.77 bits per heavy atom. The highest BCUT2D eigenvalue weighted by Crippen LogP contribution is 2.45. The number of hydrogen-bond acceptors (Lipinski definition) is 6. The lowest BCUT2D eigenvalue weighted by molar-refractivity contribution is -0.137. The Morgan fingerprint density at radius 3 is 2.52 bits per heavy atom. The third-order valence-electron chi connectivity index (χ3n) is 9.56. The van der Waals surface area contributed by atoms with E-state index in [0.717, 1.165) is 68.6 Å². The third kappa shape index (κ3) is 6.93. The van der Waals surface area contributed by atoms with Crippen LogP contribution < -0.4 is 10.6 Å². The van der Waals surface area contributed by atoms with Crippen LogP contribution in [0.1, 0.15) is 84.8 Å². The van der Waals surface area contributed by atoms with E-state index in [-0.39, 0.29) is 44.0 Å². The summed E-state index contributed by atoms with van der Waals surface area (Å²) in [5.74, 6) is 0.0726. The molecular weight excluding hydrogens is 574 g/mol. The molecule has 10 nitrogen and oxygen atoms in total. The van der Waals surface area contributed by atoms with Gasteiger partial charge in [-0.1, -0.05) is 39.0 Å². The zero-order chi connectivity index (χ0) is 30.8. The van der Waals surface area contributed by atoms with Crippen molar-refractivity contribution in [2.45, 2.75) is 88.4 Å². The van der Waals surface area contributed by atoms with Crippen LogP contribution in [-0.4, -0.2) is 92.9 Å². The van der Waals surface area contributed by atoms with Gasteiger partial charge in [0, 0.05) is 53.4 Å². The second-order valence-electron chi connectivity index (χ2n) is 13.9. The molecule has 4 aliphatic rings. The van der Waals surface area contributed by atoms with Crippen molar-refractivity contribution in [1.82, 2.24) is 29.8 Å². The predicted octanol–water partition coefficient (Wildman–Crippen LogP) is 5.15. The second kappa shape index (κ2) is 13.1. The highest BCUT2D eigenvalue weighted by atomic mass is 32.2. The van der Waals surface area contributed by atoms with Gasteiger partial charge in [-0.3, -0.25) is 14.3 Å². The molecule has 2 atom stereocenters. The van der Waals surface area contributed by atoms with Gasteiger partial charge in [-0.05, 0) is 74.7 Å². The quantitative estimate of drug-likeness (QED) is 0.441. The first-order chi connectivity index (χ1) is 21.2. The molecule has 6 rings (SSSR count). The van der Waals surface area contributed by atoms with Crippen molar-refractivity contribution >= 4 is 35.3 Å². The van der Waals surface area contributed by atoms with Crippen LogP contribution in [0.15, 0.2) is 36.5 Å². The summed E-state index contributed by atoms with van der Waals surface area (Å²) in [5, 5.41) is 10.9. The van der Waals surface area contributed by atoms with E-state index in [1.807, 2.05) is 32.9 Å². The van der Waals surface area contributed by atoms with Crippen LogP contribution in [0.3, 0.4) is 0 Å². The Labute approximate surface area is 268 Å². The third-order valence-corrected chi connectivity index (χ3v) is 11.0. The van der Waals surface area contributed by atoms with Crippen LogP contribution >= 0.6 is 11.8 Å². The predicted molar refractivity (Wildman–Crippen MR) is 178 cm³/mol. The number of carbonyl (C=O) groups is 3. The maximum atomic E-state index is 13.8. The van der Waals surface area contributed by atoms with Gasteiger partial charge in [-0.25, -0.2) is 4.79 Å². The minimum absolute atomic E-state index is 0. The largest absolute Gasteiger partial charge is 0.342 e. The van der Waals surface area contributed by atoms with Gasteiger partial charge in [0.05, 0.1) is 17.0 Å². The Balaban J connectivity index is 0.00000240. The van der Waals surface area contributed by atoms with E-state index < -0.39 is 5.25 Å². The number of anilines is 1. The van der Waals surface area contributed by atoms with Crippen LogP contribution in [0, 0.1) is 5.41 Å². The van der Waals surface area contributed by atoms with Crippen LogP contribution in [0.25, 0.3) is 0 Å². The van der Waals surface area contributed by atoms with Crippen molar-refractivity contribution in [3.05, 3.63) is 47.8 Å². The lowest BCUT2D eigenvalue weighted by Gasteiger charge is -2.38. The number of nitrogens with one attached hydrogen (secondary N) is 2. The van der Waals surface area contributed by atoms with Gasteiger partial charge in [0.15, 0.2) is 0 Å². The molecule has 11 heteroatoms. The molecule has 44 heavy (non-hydrogen) atoms. The van der Waals surface area contributed by atoms with Gasteiger partial charge in [-0.15, -0.1) is 11.8 Å². The molecule has 1 aromatic heterocycles. The Morgan fingerprint density at radius 1 is 1.02 bits per heavy atom. The number of fused-ring (bicyclic) bond motifs is 1. The summed E-state index contributed by atoms with van der Waals surface area (Å²) in [5.41, 5.74) is 3.04. The molecule has 0 spiro atoms. The van der Waals surface area contributed by atoms with Crippen molar-refractivity contribution in [2.24, 2.45) is 5.41 Å². The van der Waals surface area contributed by atoms with E-state index in [0.29, 0.717) is 32.2 Å². The molecule has 3 saturated heterocycles. The van der Waals surface area contributed by atoms with Crippen LogP contribution in [0.5, 0.6) is 0 Å². The van der Waals surface area contributed by atoms with Crippen molar-refractivity contribution in [2.75, 3.05) is 44.6 Å². The summed E-state index contributed by atoms with van der Waals surface area (Å²) < 4.78 is 2.08. The van der Waals surface area contributed by atoms with Crippen molar-refractivity contribution < 1.29 is 17.2 Å². The van der Waals surface area contributed by atoms with E-state index in [4.69, 9.17) is 5.10 Å². The van der Waals surface area contributed by atoms with Crippen LogP contribution in [0.2, 0.25) is 0 Å². The summed E-state index contributed by atoms with van der Waals surface area (Å²) in [6, 6.07) is 10.5. The van der Waals surface area contributed by atoms with Gasteiger partial charge < -0.3 is 25.3 Å². The minimum Gasteiger partial charge on any atom is -0.342 e. The number of thioether (sulfide) groups is 1. The average Bonchev–Trinajstić information content (AvgIpc) is 3.57. The Bertz CT molecular complexity index is 1350. The Hall–Kier alpha value is -3.05. The number of benzene rings is 1. The molecule has 0 radical (unpaired) electrons. The Kier molecular flexibility index (Phi) is 9.23. The SMILES string of the molecule is CC(C)(C)CCN1C(=O)[C@H](CC(=O)N2CCC(N3CCc4ccccc4NC3=O)CC2)SC1c1ccn(C2CCNCC2)n1.[HH].[HH]. The monoisotopic (exact) mass is 625 g/mol. The molecule has 0 aliphatic carbocycles. The van der Waals surface area contributed by atoms with E-state index in [9.17, 15) is 14.4 Å². The number of para-hydroxylation sites is 1. The fourth-order valence-corrected chi connectivity index (χ4v) is 8.27.